The van der Waals surface area contributed by atoms with E-state index in [1.165, 1.54) is 12.8 Å². The first-order chi connectivity index (χ1) is 9.58. The molecule has 3 nitrogen and oxygen atoms in total. The zero-order chi connectivity index (χ0) is 14.5. The van der Waals surface area contributed by atoms with Crippen LogP contribution in [0.3, 0.4) is 0 Å². The Balaban J connectivity index is 2.01. The highest BCUT2D eigenvalue weighted by Crippen LogP contribution is 2.26. The Kier molecular flexibility index (Phi) is 5.55. The number of anilines is 1. The lowest BCUT2D eigenvalue weighted by Crippen LogP contribution is -2.41. The molecule has 0 radical (unpaired) electrons. The van der Waals surface area contributed by atoms with Crippen LogP contribution in [0.4, 0.5) is 5.69 Å². The predicted molar refractivity (Wildman–Crippen MR) is 84.6 cm³/mol. The van der Waals surface area contributed by atoms with Crippen LogP contribution in [-0.2, 0) is 4.79 Å². The molecule has 1 fully saturated rings. The van der Waals surface area contributed by atoms with Crippen molar-refractivity contribution in [1.82, 2.24) is 4.90 Å². The standard InChI is InChI=1S/C15H20Cl2N2O/c1-11(15(20)19-8-4-2-3-5-9-19)18-14-10-12(16)6-7-13(14)17/h6-7,10-11,18H,2-5,8-9H2,1H3. The molecule has 0 bridgehead atoms. The number of nitrogens with zero attached hydrogens (tertiary/aromatic N) is 1. The van der Waals surface area contributed by atoms with E-state index < -0.39 is 0 Å². The number of halogens is 2. The van der Waals surface area contributed by atoms with E-state index >= 15 is 0 Å². The molecule has 1 aromatic carbocycles. The zero-order valence-corrected chi connectivity index (χ0v) is 13.2. The van der Waals surface area contributed by atoms with Crippen molar-refractivity contribution in [2.45, 2.75) is 38.6 Å². The Bertz CT molecular complexity index is 471. The topological polar surface area (TPSA) is 32.3 Å². The highest BCUT2D eigenvalue weighted by molar-refractivity contribution is 6.35. The van der Waals surface area contributed by atoms with E-state index in [0.29, 0.717) is 15.7 Å². The van der Waals surface area contributed by atoms with Crippen molar-refractivity contribution in [3.05, 3.63) is 28.2 Å². The molecule has 1 aliphatic heterocycles. The maximum absolute atomic E-state index is 12.4. The molecule has 1 N–H and O–H groups in total. The van der Waals surface area contributed by atoms with Gasteiger partial charge in [0.25, 0.3) is 0 Å². The number of likely N-dealkylation sites (tertiary alicyclic amines) is 1. The van der Waals surface area contributed by atoms with Crippen molar-refractivity contribution in [2.24, 2.45) is 0 Å². The SMILES string of the molecule is CC(Nc1cc(Cl)ccc1Cl)C(=O)N1CCCCCC1. The Morgan fingerprint density at radius 1 is 1.20 bits per heavy atom. The second-order valence-corrected chi connectivity index (χ2v) is 6.07. The summed E-state index contributed by atoms with van der Waals surface area (Å²) in [5, 5.41) is 4.34. The minimum Gasteiger partial charge on any atom is -0.373 e. The first-order valence-electron chi connectivity index (χ1n) is 7.08. The molecule has 110 valence electrons. The number of amides is 1. The highest BCUT2D eigenvalue weighted by Gasteiger charge is 2.21. The fraction of sp³-hybridized carbons (Fsp3) is 0.533. The number of carbonyl (C=O) groups is 1. The van der Waals surface area contributed by atoms with E-state index in [0.717, 1.165) is 25.9 Å². The fourth-order valence-electron chi connectivity index (χ4n) is 2.47. The van der Waals surface area contributed by atoms with Crippen LogP contribution in [0.1, 0.15) is 32.6 Å². The van der Waals surface area contributed by atoms with Crippen LogP contribution in [0.15, 0.2) is 18.2 Å². The predicted octanol–water partition coefficient (Wildman–Crippen LogP) is 4.20. The molecule has 1 amide bonds. The van der Waals surface area contributed by atoms with Crippen LogP contribution < -0.4 is 5.32 Å². The summed E-state index contributed by atoms with van der Waals surface area (Å²) in [6.45, 7) is 3.58. The third-order valence-corrected chi connectivity index (χ3v) is 4.15. The molecular formula is C15H20Cl2N2O. The van der Waals surface area contributed by atoms with Crippen molar-refractivity contribution >= 4 is 34.8 Å². The van der Waals surface area contributed by atoms with Crippen LogP contribution in [0.25, 0.3) is 0 Å². The molecule has 2 rings (SSSR count). The summed E-state index contributed by atoms with van der Waals surface area (Å²) in [7, 11) is 0. The Morgan fingerprint density at radius 3 is 2.50 bits per heavy atom. The lowest BCUT2D eigenvalue weighted by Gasteiger charge is -2.25. The van der Waals surface area contributed by atoms with Gasteiger partial charge in [0.2, 0.25) is 5.91 Å². The van der Waals surface area contributed by atoms with Crippen molar-refractivity contribution in [2.75, 3.05) is 18.4 Å². The van der Waals surface area contributed by atoms with Crippen molar-refractivity contribution in [3.63, 3.8) is 0 Å². The molecule has 1 atom stereocenters. The fourth-order valence-corrected chi connectivity index (χ4v) is 2.81. The van der Waals surface area contributed by atoms with E-state index in [9.17, 15) is 4.79 Å². The number of benzene rings is 1. The second kappa shape index (κ2) is 7.19. The number of hydrogen-bond donors (Lipinski definition) is 1. The average molecular weight is 315 g/mol. The van der Waals surface area contributed by atoms with E-state index in [4.69, 9.17) is 23.2 Å². The van der Waals surface area contributed by atoms with Gasteiger partial charge in [-0.05, 0) is 38.0 Å². The first-order valence-corrected chi connectivity index (χ1v) is 7.84. The van der Waals surface area contributed by atoms with E-state index in [1.807, 2.05) is 11.8 Å². The van der Waals surface area contributed by atoms with Crippen LogP contribution in [0, 0.1) is 0 Å². The Morgan fingerprint density at radius 2 is 1.85 bits per heavy atom. The Hall–Kier alpha value is -0.930. The first kappa shape index (κ1) is 15.5. The minimum atomic E-state index is -0.302. The van der Waals surface area contributed by atoms with E-state index in [-0.39, 0.29) is 11.9 Å². The number of carbonyl (C=O) groups excluding carboxylic acids is 1. The summed E-state index contributed by atoms with van der Waals surface area (Å²) in [5.74, 6) is 0.128. The molecule has 1 aliphatic rings. The molecule has 0 spiro atoms. The normalized spacial score (nSPS) is 17.4. The van der Waals surface area contributed by atoms with Crippen LogP contribution in [0.5, 0.6) is 0 Å². The molecule has 1 saturated heterocycles. The van der Waals surface area contributed by atoms with Crippen molar-refractivity contribution in [1.29, 1.82) is 0 Å². The number of hydrogen-bond acceptors (Lipinski definition) is 2. The van der Waals surface area contributed by atoms with E-state index in [1.54, 1.807) is 18.2 Å². The molecule has 1 heterocycles. The van der Waals surface area contributed by atoms with Gasteiger partial charge in [-0.3, -0.25) is 4.79 Å². The molecule has 20 heavy (non-hydrogen) atoms. The van der Waals surface area contributed by atoms with Crippen LogP contribution >= 0.6 is 23.2 Å². The van der Waals surface area contributed by atoms with Gasteiger partial charge >= 0.3 is 0 Å². The molecule has 0 saturated carbocycles. The van der Waals surface area contributed by atoms with E-state index in [2.05, 4.69) is 5.32 Å². The third-order valence-electron chi connectivity index (χ3n) is 3.59. The molecule has 0 aliphatic carbocycles. The summed E-state index contributed by atoms with van der Waals surface area (Å²) < 4.78 is 0. The summed E-state index contributed by atoms with van der Waals surface area (Å²) >= 11 is 12.1. The largest absolute Gasteiger partial charge is 0.373 e. The van der Waals surface area contributed by atoms with Gasteiger partial charge in [0.1, 0.15) is 6.04 Å². The molecule has 1 unspecified atom stereocenters. The number of nitrogens with one attached hydrogen (secondary N) is 1. The lowest BCUT2D eigenvalue weighted by atomic mass is 10.2. The van der Waals surface area contributed by atoms with Gasteiger partial charge in [0, 0.05) is 18.1 Å². The molecule has 5 heteroatoms. The van der Waals surface area contributed by atoms with Gasteiger partial charge in [0.05, 0.1) is 10.7 Å². The van der Waals surface area contributed by atoms with Gasteiger partial charge in [-0.25, -0.2) is 0 Å². The molecular weight excluding hydrogens is 295 g/mol. The lowest BCUT2D eigenvalue weighted by molar-refractivity contribution is -0.131. The quantitative estimate of drug-likeness (QED) is 0.907. The number of rotatable bonds is 3. The minimum absolute atomic E-state index is 0.128. The molecule has 0 aromatic heterocycles. The average Bonchev–Trinajstić information content (AvgIpc) is 2.71. The molecule has 1 aromatic rings. The summed E-state index contributed by atoms with van der Waals surface area (Å²) in [4.78, 5) is 14.4. The Labute approximate surface area is 130 Å². The van der Waals surface area contributed by atoms with Crippen LogP contribution in [-0.4, -0.2) is 29.9 Å². The zero-order valence-electron chi connectivity index (χ0n) is 11.7. The summed E-state index contributed by atoms with van der Waals surface area (Å²) in [5.41, 5.74) is 0.704. The summed E-state index contributed by atoms with van der Waals surface area (Å²) in [6, 6.07) is 4.91. The maximum Gasteiger partial charge on any atom is 0.244 e. The summed E-state index contributed by atoms with van der Waals surface area (Å²) in [6.07, 6.45) is 4.62. The van der Waals surface area contributed by atoms with Crippen molar-refractivity contribution < 1.29 is 4.79 Å². The smallest absolute Gasteiger partial charge is 0.244 e. The van der Waals surface area contributed by atoms with Gasteiger partial charge < -0.3 is 10.2 Å². The highest BCUT2D eigenvalue weighted by atomic mass is 35.5. The second-order valence-electron chi connectivity index (χ2n) is 5.23. The van der Waals surface area contributed by atoms with Gasteiger partial charge in [-0.2, -0.15) is 0 Å². The maximum atomic E-state index is 12.4. The van der Waals surface area contributed by atoms with Crippen LogP contribution in [0.2, 0.25) is 10.0 Å². The van der Waals surface area contributed by atoms with Crippen molar-refractivity contribution in [3.8, 4) is 0 Å². The monoisotopic (exact) mass is 314 g/mol. The van der Waals surface area contributed by atoms with Gasteiger partial charge in [0.15, 0.2) is 0 Å². The third kappa shape index (κ3) is 4.03. The van der Waals surface area contributed by atoms with Gasteiger partial charge in [-0.15, -0.1) is 0 Å². The van der Waals surface area contributed by atoms with Gasteiger partial charge in [-0.1, -0.05) is 36.0 Å².